The lowest BCUT2D eigenvalue weighted by atomic mass is 10.0. The van der Waals surface area contributed by atoms with E-state index in [9.17, 15) is 9.59 Å². The molecular weight excluding hydrogens is 254 g/mol. The maximum absolute atomic E-state index is 11.5. The minimum Gasteiger partial charge on any atom is -0.465 e. The highest BCUT2D eigenvalue weighted by Crippen LogP contribution is 2.35. The van der Waals surface area contributed by atoms with E-state index in [-0.39, 0.29) is 11.9 Å². The molecule has 2 rings (SSSR count). The number of carbonyl (C=O) groups excluding carboxylic acids is 1. The van der Waals surface area contributed by atoms with Crippen LogP contribution in [0.4, 0.5) is 4.79 Å². The predicted octanol–water partition coefficient (Wildman–Crippen LogP) is 2.31. The van der Waals surface area contributed by atoms with Crippen molar-refractivity contribution in [2.24, 2.45) is 0 Å². The van der Waals surface area contributed by atoms with E-state index in [2.05, 4.69) is 0 Å². The van der Waals surface area contributed by atoms with Crippen LogP contribution < -0.4 is 0 Å². The number of carboxylic acid groups (broad SMARTS) is 1. The quantitative estimate of drug-likeness (QED) is 0.837. The Morgan fingerprint density at radius 3 is 2.83 bits per heavy atom. The molecule has 0 spiro atoms. The Balaban J connectivity index is 2.18. The van der Waals surface area contributed by atoms with E-state index in [4.69, 9.17) is 9.84 Å². The second kappa shape index (κ2) is 4.97. The van der Waals surface area contributed by atoms with Crippen molar-refractivity contribution in [2.75, 3.05) is 20.2 Å². The first kappa shape index (κ1) is 12.9. The maximum Gasteiger partial charge on any atom is 0.407 e. The number of carbonyl (C=O) groups is 2. The Labute approximate surface area is 109 Å². The Kier molecular flexibility index (Phi) is 3.56. The second-order valence-electron chi connectivity index (χ2n) is 4.34. The summed E-state index contributed by atoms with van der Waals surface area (Å²) < 4.78 is 4.72. The van der Waals surface area contributed by atoms with Crippen molar-refractivity contribution in [1.82, 2.24) is 4.90 Å². The summed E-state index contributed by atoms with van der Waals surface area (Å²) in [5.74, 6) is -0.132. The van der Waals surface area contributed by atoms with Crippen LogP contribution in [0.1, 0.15) is 33.1 Å². The molecule has 1 aromatic rings. The van der Waals surface area contributed by atoms with Crippen LogP contribution >= 0.6 is 11.3 Å². The van der Waals surface area contributed by atoms with Crippen LogP contribution in [0.3, 0.4) is 0 Å². The van der Waals surface area contributed by atoms with Gasteiger partial charge in [-0.15, -0.1) is 11.3 Å². The fraction of sp³-hybridized carbons (Fsp3) is 0.500. The number of likely N-dealkylation sites (tertiary alicyclic amines) is 1. The van der Waals surface area contributed by atoms with Crippen molar-refractivity contribution < 1.29 is 19.4 Å². The average molecular weight is 269 g/mol. The van der Waals surface area contributed by atoms with E-state index in [0.29, 0.717) is 18.7 Å². The fourth-order valence-electron chi connectivity index (χ4n) is 2.29. The van der Waals surface area contributed by atoms with E-state index in [1.807, 2.05) is 6.92 Å². The highest BCUT2D eigenvalue weighted by atomic mass is 32.1. The Hall–Kier alpha value is -1.56. The van der Waals surface area contributed by atoms with Crippen molar-refractivity contribution in [3.8, 4) is 0 Å². The van der Waals surface area contributed by atoms with Gasteiger partial charge in [0.15, 0.2) is 0 Å². The maximum atomic E-state index is 11.5. The van der Waals surface area contributed by atoms with Crippen LogP contribution in [0, 0.1) is 6.92 Å². The van der Waals surface area contributed by atoms with Gasteiger partial charge < -0.3 is 14.7 Å². The molecule has 1 saturated heterocycles. The predicted molar refractivity (Wildman–Crippen MR) is 67.4 cm³/mol. The summed E-state index contributed by atoms with van der Waals surface area (Å²) in [4.78, 5) is 24.9. The number of methoxy groups -OCH3 is 1. The SMILES string of the molecule is COC(=O)c1csc(C2CCN(C(=O)O)C2)c1C. The van der Waals surface area contributed by atoms with Crippen molar-refractivity contribution in [3.05, 3.63) is 21.4 Å². The minimum atomic E-state index is -0.875. The molecule has 0 aliphatic carbocycles. The summed E-state index contributed by atoms with van der Waals surface area (Å²) in [5, 5.41) is 10.7. The summed E-state index contributed by atoms with van der Waals surface area (Å²) in [6.45, 7) is 2.96. The van der Waals surface area contributed by atoms with Crippen LogP contribution in [0.2, 0.25) is 0 Å². The summed E-state index contributed by atoms with van der Waals surface area (Å²) in [6, 6.07) is 0. The van der Waals surface area contributed by atoms with Crippen molar-refractivity contribution in [3.63, 3.8) is 0 Å². The molecule has 6 heteroatoms. The van der Waals surface area contributed by atoms with Gasteiger partial charge in [-0.05, 0) is 18.9 Å². The monoisotopic (exact) mass is 269 g/mol. The Bertz CT molecular complexity index is 482. The third-order valence-corrected chi connectivity index (χ3v) is 4.56. The molecule has 1 aliphatic rings. The van der Waals surface area contributed by atoms with E-state index in [1.165, 1.54) is 23.3 Å². The normalized spacial score (nSPS) is 19.0. The summed E-state index contributed by atoms with van der Waals surface area (Å²) in [7, 11) is 1.36. The van der Waals surface area contributed by atoms with Crippen molar-refractivity contribution in [2.45, 2.75) is 19.3 Å². The number of hydrogen-bond donors (Lipinski definition) is 1. The zero-order valence-electron chi connectivity index (χ0n) is 10.3. The van der Waals surface area contributed by atoms with Crippen LogP contribution in [-0.2, 0) is 4.74 Å². The van der Waals surface area contributed by atoms with Crippen molar-refractivity contribution >= 4 is 23.4 Å². The lowest BCUT2D eigenvalue weighted by Gasteiger charge is -2.12. The highest BCUT2D eigenvalue weighted by molar-refractivity contribution is 7.10. The fourth-order valence-corrected chi connectivity index (χ4v) is 3.48. The average Bonchev–Trinajstić information content (AvgIpc) is 2.94. The smallest absolute Gasteiger partial charge is 0.407 e. The minimum absolute atomic E-state index is 0.199. The van der Waals surface area contributed by atoms with Gasteiger partial charge in [-0.25, -0.2) is 9.59 Å². The molecule has 5 nitrogen and oxygen atoms in total. The van der Waals surface area contributed by atoms with Gasteiger partial charge in [0.2, 0.25) is 0 Å². The van der Waals surface area contributed by atoms with Gasteiger partial charge in [0.05, 0.1) is 12.7 Å². The molecule has 1 atom stereocenters. The summed E-state index contributed by atoms with van der Waals surface area (Å²) >= 11 is 1.51. The lowest BCUT2D eigenvalue weighted by molar-refractivity contribution is 0.0600. The Morgan fingerprint density at radius 2 is 2.28 bits per heavy atom. The highest BCUT2D eigenvalue weighted by Gasteiger charge is 2.30. The van der Waals surface area contributed by atoms with Gasteiger partial charge in [-0.1, -0.05) is 0 Å². The van der Waals surface area contributed by atoms with Crippen molar-refractivity contribution in [1.29, 1.82) is 0 Å². The topological polar surface area (TPSA) is 66.8 Å². The Morgan fingerprint density at radius 1 is 1.56 bits per heavy atom. The third-order valence-electron chi connectivity index (χ3n) is 3.31. The lowest BCUT2D eigenvalue weighted by Crippen LogP contribution is -2.26. The molecule has 0 aromatic carbocycles. The molecule has 98 valence electrons. The van der Waals surface area contributed by atoms with E-state index >= 15 is 0 Å². The molecule has 1 N–H and O–H groups in total. The number of rotatable bonds is 2. The van der Waals surface area contributed by atoms with Gasteiger partial charge in [-0.2, -0.15) is 0 Å². The summed E-state index contributed by atoms with van der Waals surface area (Å²) in [5.41, 5.74) is 1.51. The molecule has 0 radical (unpaired) electrons. The van der Waals surface area contributed by atoms with Gasteiger partial charge >= 0.3 is 12.1 Å². The molecule has 0 saturated carbocycles. The number of thiophene rings is 1. The first-order chi connectivity index (χ1) is 8.54. The summed E-state index contributed by atoms with van der Waals surface area (Å²) in [6.07, 6.45) is -0.0613. The van der Waals surface area contributed by atoms with Gasteiger partial charge in [0, 0.05) is 29.3 Å². The number of amides is 1. The zero-order valence-corrected chi connectivity index (χ0v) is 11.1. The number of nitrogens with zero attached hydrogens (tertiary/aromatic N) is 1. The van der Waals surface area contributed by atoms with Gasteiger partial charge in [0.1, 0.15) is 0 Å². The molecule has 18 heavy (non-hydrogen) atoms. The molecule has 0 bridgehead atoms. The van der Waals surface area contributed by atoms with Crippen LogP contribution in [0.5, 0.6) is 0 Å². The van der Waals surface area contributed by atoms with Gasteiger partial charge in [-0.3, -0.25) is 0 Å². The van der Waals surface area contributed by atoms with Crippen LogP contribution in [0.15, 0.2) is 5.38 Å². The van der Waals surface area contributed by atoms with E-state index in [1.54, 1.807) is 5.38 Å². The molecular formula is C12H15NO4S. The van der Waals surface area contributed by atoms with E-state index in [0.717, 1.165) is 16.9 Å². The first-order valence-corrected chi connectivity index (χ1v) is 6.56. The largest absolute Gasteiger partial charge is 0.465 e. The standard InChI is InChI=1S/C12H15NO4S/c1-7-9(11(14)17-2)6-18-10(7)8-3-4-13(5-8)12(15)16/h6,8H,3-5H2,1-2H3,(H,15,16). The molecule has 1 fully saturated rings. The molecule has 1 aromatic heterocycles. The number of hydrogen-bond acceptors (Lipinski definition) is 4. The number of ether oxygens (including phenoxy) is 1. The second-order valence-corrected chi connectivity index (χ2v) is 5.26. The molecule has 1 amide bonds. The first-order valence-electron chi connectivity index (χ1n) is 5.68. The number of esters is 1. The van der Waals surface area contributed by atoms with Crippen LogP contribution in [0.25, 0.3) is 0 Å². The molecule has 2 heterocycles. The molecule has 1 unspecified atom stereocenters. The van der Waals surface area contributed by atoms with Gasteiger partial charge in [0.25, 0.3) is 0 Å². The third kappa shape index (κ3) is 2.20. The van der Waals surface area contributed by atoms with E-state index < -0.39 is 6.09 Å². The zero-order chi connectivity index (χ0) is 13.3. The van der Waals surface area contributed by atoms with Crippen LogP contribution in [-0.4, -0.2) is 42.3 Å². The molecule has 1 aliphatic heterocycles.